The van der Waals surface area contributed by atoms with Crippen molar-refractivity contribution in [3.63, 3.8) is 0 Å². The summed E-state index contributed by atoms with van der Waals surface area (Å²) in [7, 11) is 1.57. The third-order valence-corrected chi connectivity index (χ3v) is 2.27. The molecule has 0 N–H and O–H groups in total. The lowest BCUT2D eigenvalue weighted by Crippen LogP contribution is -2.08. The van der Waals surface area contributed by atoms with Crippen molar-refractivity contribution in [3.8, 4) is 0 Å². The first-order valence-electron chi connectivity index (χ1n) is 5.21. The number of carbonyl (C=O) groups excluding carboxylic acids is 1. The van der Waals surface area contributed by atoms with Crippen molar-refractivity contribution in [2.75, 3.05) is 13.7 Å². The highest BCUT2D eigenvalue weighted by Gasteiger charge is 2.05. The molecular weight excluding hydrogens is 164 g/mol. The summed E-state index contributed by atoms with van der Waals surface area (Å²) in [5, 5.41) is 0. The van der Waals surface area contributed by atoms with Gasteiger partial charge in [0.05, 0.1) is 0 Å². The number of methoxy groups -OCH3 is 1. The molecule has 2 nitrogen and oxygen atoms in total. The second-order valence-corrected chi connectivity index (χ2v) is 3.76. The number of ether oxygens (including phenoxy) is 1. The molecule has 0 aliphatic rings. The summed E-state index contributed by atoms with van der Waals surface area (Å²) in [6.07, 6.45) is 5.47. The van der Waals surface area contributed by atoms with Gasteiger partial charge >= 0.3 is 0 Å². The van der Waals surface area contributed by atoms with Crippen LogP contribution in [0.3, 0.4) is 0 Å². The van der Waals surface area contributed by atoms with E-state index in [0.29, 0.717) is 12.3 Å². The summed E-state index contributed by atoms with van der Waals surface area (Å²) >= 11 is 0. The number of Topliss-reactive ketones (excluding diaryl/α,β-unsaturated/α-hetero) is 1. The van der Waals surface area contributed by atoms with Gasteiger partial charge in [-0.3, -0.25) is 4.79 Å². The van der Waals surface area contributed by atoms with Crippen LogP contribution in [0.15, 0.2) is 0 Å². The van der Waals surface area contributed by atoms with Gasteiger partial charge < -0.3 is 4.74 Å². The summed E-state index contributed by atoms with van der Waals surface area (Å²) in [5.74, 6) is 0.909. The van der Waals surface area contributed by atoms with E-state index < -0.39 is 0 Å². The Morgan fingerprint density at radius 1 is 1.46 bits per heavy atom. The monoisotopic (exact) mass is 188 g/mol. The van der Waals surface area contributed by atoms with Gasteiger partial charge in [-0.15, -0.1) is 0 Å². The maximum atomic E-state index is 11.1. The van der Waals surface area contributed by atoms with Gasteiger partial charge in [-0.1, -0.05) is 33.1 Å². The fourth-order valence-electron chi connectivity index (χ4n) is 1.34. The highest BCUT2D eigenvalue weighted by molar-refractivity contribution is 5.79. The standard InChI is InChI=1S/C11H22O2.H2/c1-4-5-6-10(2)7-8-11(12)9-13-3;/h10H,4-9H2,1-3H3;1H. The third kappa shape index (κ3) is 7.97. The number of rotatable bonds is 8. The lowest BCUT2D eigenvalue weighted by molar-refractivity contribution is -0.122. The van der Waals surface area contributed by atoms with E-state index in [-0.39, 0.29) is 13.8 Å². The number of hydrogen-bond donors (Lipinski definition) is 0. The largest absolute Gasteiger partial charge is 0.377 e. The molecule has 0 aliphatic carbocycles. The minimum Gasteiger partial charge on any atom is -0.377 e. The van der Waals surface area contributed by atoms with Crippen LogP contribution in [0, 0.1) is 5.92 Å². The molecular formula is C11H24O2. The normalized spacial score (nSPS) is 12.8. The number of carbonyl (C=O) groups is 1. The SMILES string of the molecule is CCCCC(C)CCC(=O)COC.[HH]. The third-order valence-electron chi connectivity index (χ3n) is 2.27. The van der Waals surface area contributed by atoms with Crippen LogP contribution in [0.25, 0.3) is 0 Å². The number of unbranched alkanes of at least 4 members (excludes halogenated alkanes) is 1. The molecule has 2 heteroatoms. The van der Waals surface area contributed by atoms with E-state index in [1.165, 1.54) is 19.3 Å². The molecule has 0 heterocycles. The second-order valence-electron chi connectivity index (χ2n) is 3.76. The highest BCUT2D eigenvalue weighted by atomic mass is 16.5. The Morgan fingerprint density at radius 3 is 2.69 bits per heavy atom. The van der Waals surface area contributed by atoms with Crippen molar-refractivity contribution in [1.29, 1.82) is 0 Å². The van der Waals surface area contributed by atoms with Crippen molar-refractivity contribution < 1.29 is 11.0 Å². The van der Waals surface area contributed by atoms with E-state index in [2.05, 4.69) is 13.8 Å². The summed E-state index contributed by atoms with van der Waals surface area (Å²) in [4.78, 5) is 11.1. The molecule has 0 radical (unpaired) electrons. The van der Waals surface area contributed by atoms with E-state index in [1.54, 1.807) is 7.11 Å². The molecule has 0 aromatic carbocycles. The first kappa shape index (κ1) is 12.6. The van der Waals surface area contributed by atoms with Gasteiger partial charge in [0.25, 0.3) is 0 Å². The predicted octanol–water partition coefficient (Wildman–Crippen LogP) is 3.05. The van der Waals surface area contributed by atoms with Crippen LogP contribution in [0.5, 0.6) is 0 Å². The zero-order valence-corrected chi connectivity index (χ0v) is 9.14. The van der Waals surface area contributed by atoms with Crippen molar-refractivity contribution in [1.82, 2.24) is 0 Å². The van der Waals surface area contributed by atoms with Crippen molar-refractivity contribution in [2.24, 2.45) is 5.92 Å². The van der Waals surface area contributed by atoms with Gasteiger partial charge in [0.15, 0.2) is 5.78 Å². The molecule has 0 saturated heterocycles. The fourth-order valence-corrected chi connectivity index (χ4v) is 1.34. The van der Waals surface area contributed by atoms with Gasteiger partial charge in [0, 0.05) is 15.0 Å². The Bertz CT molecular complexity index is 137. The molecule has 1 unspecified atom stereocenters. The molecule has 0 fully saturated rings. The molecule has 0 bridgehead atoms. The maximum absolute atomic E-state index is 11.1. The minimum atomic E-state index is 0. The fraction of sp³-hybridized carbons (Fsp3) is 0.909. The van der Waals surface area contributed by atoms with Gasteiger partial charge in [0.2, 0.25) is 0 Å². The van der Waals surface area contributed by atoms with Crippen molar-refractivity contribution in [3.05, 3.63) is 0 Å². The summed E-state index contributed by atoms with van der Waals surface area (Å²) in [5.41, 5.74) is 0. The van der Waals surface area contributed by atoms with Crippen LogP contribution in [0.4, 0.5) is 0 Å². The zero-order chi connectivity index (χ0) is 10.1. The lowest BCUT2D eigenvalue weighted by Gasteiger charge is -2.09. The van der Waals surface area contributed by atoms with E-state index in [4.69, 9.17) is 4.74 Å². The second kappa shape index (κ2) is 8.24. The Balaban J connectivity index is 0. The number of hydrogen-bond acceptors (Lipinski definition) is 2. The average molecular weight is 188 g/mol. The molecule has 1 atom stereocenters. The molecule has 0 aliphatic heterocycles. The van der Waals surface area contributed by atoms with Gasteiger partial charge in [0.1, 0.15) is 6.61 Å². The van der Waals surface area contributed by atoms with Gasteiger partial charge in [-0.05, 0) is 12.3 Å². The van der Waals surface area contributed by atoms with Crippen LogP contribution in [0.1, 0.15) is 47.4 Å². The van der Waals surface area contributed by atoms with Crippen LogP contribution >= 0.6 is 0 Å². The first-order chi connectivity index (χ1) is 6.20. The maximum Gasteiger partial charge on any atom is 0.158 e. The molecule has 0 amide bonds. The van der Waals surface area contributed by atoms with Crippen molar-refractivity contribution >= 4 is 5.78 Å². The quantitative estimate of drug-likeness (QED) is 0.585. The van der Waals surface area contributed by atoms with E-state index in [9.17, 15) is 4.79 Å². The van der Waals surface area contributed by atoms with E-state index in [1.807, 2.05) is 0 Å². The Kier molecular flexibility index (Phi) is 8.00. The molecule has 0 aromatic rings. The summed E-state index contributed by atoms with van der Waals surface area (Å²) < 4.78 is 4.77. The predicted molar refractivity (Wildman–Crippen MR) is 56.9 cm³/mol. The first-order valence-corrected chi connectivity index (χ1v) is 5.21. The highest BCUT2D eigenvalue weighted by Crippen LogP contribution is 2.13. The van der Waals surface area contributed by atoms with Gasteiger partial charge in [-0.2, -0.15) is 0 Å². The summed E-state index contributed by atoms with van der Waals surface area (Å²) in [6.45, 7) is 4.69. The Hall–Kier alpha value is -0.370. The van der Waals surface area contributed by atoms with Crippen LogP contribution < -0.4 is 0 Å². The smallest absolute Gasteiger partial charge is 0.158 e. The molecule has 0 spiro atoms. The molecule has 0 aromatic heterocycles. The Morgan fingerprint density at radius 2 is 2.15 bits per heavy atom. The van der Waals surface area contributed by atoms with Gasteiger partial charge in [-0.25, -0.2) is 0 Å². The zero-order valence-electron chi connectivity index (χ0n) is 9.14. The number of ketones is 1. The van der Waals surface area contributed by atoms with E-state index >= 15 is 0 Å². The Labute approximate surface area is 83.1 Å². The molecule has 80 valence electrons. The van der Waals surface area contributed by atoms with Crippen LogP contribution in [-0.2, 0) is 9.53 Å². The van der Waals surface area contributed by atoms with Crippen molar-refractivity contribution in [2.45, 2.75) is 46.0 Å². The molecule has 0 saturated carbocycles. The van der Waals surface area contributed by atoms with Crippen LogP contribution in [-0.4, -0.2) is 19.5 Å². The minimum absolute atomic E-state index is 0. The lowest BCUT2D eigenvalue weighted by atomic mass is 9.98. The summed E-state index contributed by atoms with van der Waals surface area (Å²) in [6, 6.07) is 0. The molecule has 0 rings (SSSR count). The average Bonchev–Trinajstić information content (AvgIpc) is 2.12. The topological polar surface area (TPSA) is 26.3 Å². The van der Waals surface area contributed by atoms with Crippen LogP contribution in [0.2, 0.25) is 0 Å². The van der Waals surface area contributed by atoms with E-state index in [0.717, 1.165) is 6.42 Å². The molecule has 13 heavy (non-hydrogen) atoms.